The maximum atomic E-state index is 5.92. The molecule has 0 saturated heterocycles. The molecule has 0 heterocycles. The Kier molecular flexibility index (Phi) is 6.53. The molecule has 1 N–H and O–H groups in total. The normalized spacial score (nSPS) is 13.5. The molecular weight excluding hydrogens is 234 g/mol. The Balaban J connectivity index is 2.55. The van der Waals surface area contributed by atoms with Crippen LogP contribution < -0.4 is 5.32 Å². The van der Waals surface area contributed by atoms with Crippen LogP contribution in [-0.4, -0.2) is 24.8 Å². The van der Waals surface area contributed by atoms with E-state index in [1.54, 1.807) is 0 Å². The minimum absolute atomic E-state index is 0.0700. The first kappa shape index (κ1) is 16.2. The molecule has 19 heavy (non-hydrogen) atoms. The van der Waals surface area contributed by atoms with Gasteiger partial charge in [0.15, 0.2) is 0 Å². The summed E-state index contributed by atoms with van der Waals surface area (Å²) in [6, 6.07) is 9.18. The highest BCUT2D eigenvalue weighted by Crippen LogP contribution is 2.11. The van der Waals surface area contributed by atoms with Crippen LogP contribution in [0.2, 0.25) is 0 Å². The lowest BCUT2D eigenvalue weighted by Gasteiger charge is -2.25. The molecule has 1 aromatic rings. The summed E-state index contributed by atoms with van der Waals surface area (Å²) < 4.78 is 5.92. The van der Waals surface area contributed by atoms with E-state index in [0.717, 1.165) is 26.0 Å². The van der Waals surface area contributed by atoms with E-state index >= 15 is 0 Å². The lowest BCUT2D eigenvalue weighted by Crippen LogP contribution is -2.38. The van der Waals surface area contributed by atoms with Crippen LogP contribution in [0.25, 0.3) is 0 Å². The Hall–Kier alpha value is -0.860. The third-order valence-corrected chi connectivity index (χ3v) is 3.00. The van der Waals surface area contributed by atoms with Crippen molar-refractivity contribution in [2.45, 2.75) is 59.1 Å². The molecule has 0 bridgehead atoms. The predicted octanol–water partition coefficient (Wildman–Crippen LogP) is 3.72. The van der Waals surface area contributed by atoms with Gasteiger partial charge in [-0.15, -0.1) is 0 Å². The van der Waals surface area contributed by atoms with Gasteiger partial charge in [0, 0.05) is 6.04 Å². The highest BCUT2D eigenvalue weighted by Gasteiger charge is 2.15. The van der Waals surface area contributed by atoms with Crippen molar-refractivity contribution in [3.8, 4) is 0 Å². The monoisotopic (exact) mass is 263 g/mol. The van der Waals surface area contributed by atoms with E-state index in [4.69, 9.17) is 4.74 Å². The van der Waals surface area contributed by atoms with Gasteiger partial charge in [-0.1, -0.05) is 36.8 Å². The molecule has 0 spiro atoms. The first-order chi connectivity index (χ1) is 8.90. The van der Waals surface area contributed by atoms with Gasteiger partial charge >= 0.3 is 0 Å². The Morgan fingerprint density at radius 2 is 1.79 bits per heavy atom. The molecule has 0 aliphatic heterocycles. The first-order valence-electron chi connectivity index (χ1n) is 7.33. The van der Waals surface area contributed by atoms with Crippen molar-refractivity contribution in [3.05, 3.63) is 35.4 Å². The van der Waals surface area contributed by atoms with Gasteiger partial charge in [0.2, 0.25) is 0 Å². The number of rotatable bonds is 7. The molecule has 0 fully saturated rings. The topological polar surface area (TPSA) is 21.3 Å². The number of hydrogen-bond acceptors (Lipinski definition) is 2. The van der Waals surface area contributed by atoms with E-state index in [1.165, 1.54) is 11.1 Å². The van der Waals surface area contributed by atoms with E-state index in [0.29, 0.717) is 6.04 Å². The smallest absolute Gasteiger partial charge is 0.0629 e. The second-order valence-electron chi connectivity index (χ2n) is 6.26. The zero-order chi connectivity index (χ0) is 14.3. The lowest BCUT2D eigenvalue weighted by atomic mass is 10.0. The number of hydrogen-bond donors (Lipinski definition) is 1. The van der Waals surface area contributed by atoms with E-state index in [-0.39, 0.29) is 5.60 Å². The Bertz CT molecular complexity index is 351. The average molecular weight is 263 g/mol. The Morgan fingerprint density at radius 3 is 2.32 bits per heavy atom. The molecule has 0 aromatic heterocycles. The fourth-order valence-corrected chi connectivity index (χ4v) is 1.90. The average Bonchev–Trinajstić information content (AvgIpc) is 2.34. The second-order valence-corrected chi connectivity index (χ2v) is 6.26. The van der Waals surface area contributed by atoms with E-state index in [9.17, 15) is 0 Å². The maximum absolute atomic E-state index is 5.92. The zero-order valence-electron chi connectivity index (χ0n) is 13.1. The van der Waals surface area contributed by atoms with Crippen LogP contribution in [0.1, 0.15) is 45.2 Å². The summed E-state index contributed by atoms with van der Waals surface area (Å²) in [4.78, 5) is 0. The number of ether oxygens (including phenoxy) is 1. The molecule has 1 aromatic carbocycles. The summed E-state index contributed by atoms with van der Waals surface area (Å²) in [6.45, 7) is 12.4. The Labute approximate surface area is 118 Å². The van der Waals surface area contributed by atoms with Gasteiger partial charge in [-0.2, -0.15) is 0 Å². The van der Waals surface area contributed by atoms with Gasteiger partial charge in [0.05, 0.1) is 12.2 Å². The van der Waals surface area contributed by atoms with Gasteiger partial charge in [0.25, 0.3) is 0 Å². The van der Waals surface area contributed by atoms with Crippen molar-refractivity contribution in [3.63, 3.8) is 0 Å². The van der Waals surface area contributed by atoms with Gasteiger partial charge in [-0.3, -0.25) is 0 Å². The van der Waals surface area contributed by atoms with Crippen LogP contribution in [-0.2, 0) is 11.2 Å². The van der Waals surface area contributed by atoms with Gasteiger partial charge < -0.3 is 10.1 Å². The van der Waals surface area contributed by atoms with E-state index < -0.39 is 0 Å². The van der Waals surface area contributed by atoms with Crippen LogP contribution in [0.5, 0.6) is 0 Å². The summed E-state index contributed by atoms with van der Waals surface area (Å²) in [5, 5.41) is 3.58. The fraction of sp³-hybridized carbons (Fsp3) is 0.647. The van der Waals surface area contributed by atoms with Crippen molar-refractivity contribution in [1.29, 1.82) is 0 Å². The maximum Gasteiger partial charge on any atom is 0.0629 e. The van der Waals surface area contributed by atoms with E-state index in [1.807, 2.05) is 0 Å². The standard InChI is InChI=1S/C17H29NO/c1-6-11-18-16(13-19-17(3,4)5)12-15-9-7-14(2)8-10-15/h7-10,16,18H,6,11-13H2,1-5H3. The lowest BCUT2D eigenvalue weighted by molar-refractivity contribution is -0.0143. The summed E-state index contributed by atoms with van der Waals surface area (Å²) in [6.07, 6.45) is 2.18. The van der Waals surface area contributed by atoms with Gasteiger partial charge in [-0.25, -0.2) is 0 Å². The fourth-order valence-electron chi connectivity index (χ4n) is 1.90. The summed E-state index contributed by atoms with van der Waals surface area (Å²) in [5.41, 5.74) is 2.61. The molecular formula is C17H29NO. The largest absolute Gasteiger partial charge is 0.374 e. The first-order valence-corrected chi connectivity index (χ1v) is 7.33. The molecule has 1 unspecified atom stereocenters. The molecule has 1 atom stereocenters. The Morgan fingerprint density at radius 1 is 1.16 bits per heavy atom. The number of aryl methyl sites for hydroxylation is 1. The number of benzene rings is 1. The van der Waals surface area contributed by atoms with Crippen molar-refractivity contribution in [2.24, 2.45) is 0 Å². The third-order valence-electron chi connectivity index (χ3n) is 3.00. The van der Waals surface area contributed by atoms with Crippen LogP contribution in [0, 0.1) is 6.92 Å². The summed E-state index contributed by atoms with van der Waals surface area (Å²) in [7, 11) is 0. The molecule has 2 heteroatoms. The SMILES string of the molecule is CCCNC(COC(C)(C)C)Cc1ccc(C)cc1. The van der Waals surface area contributed by atoms with Crippen molar-refractivity contribution in [1.82, 2.24) is 5.32 Å². The minimum atomic E-state index is -0.0700. The van der Waals surface area contributed by atoms with Gasteiger partial charge in [0.1, 0.15) is 0 Å². The molecule has 0 aliphatic rings. The summed E-state index contributed by atoms with van der Waals surface area (Å²) in [5.74, 6) is 0. The van der Waals surface area contributed by atoms with Crippen LogP contribution in [0.15, 0.2) is 24.3 Å². The zero-order valence-corrected chi connectivity index (χ0v) is 13.1. The molecule has 0 amide bonds. The second kappa shape index (κ2) is 7.66. The highest BCUT2D eigenvalue weighted by molar-refractivity contribution is 5.22. The van der Waals surface area contributed by atoms with Crippen LogP contribution in [0.4, 0.5) is 0 Å². The van der Waals surface area contributed by atoms with Gasteiger partial charge in [-0.05, 0) is 52.6 Å². The van der Waals surface area contributed by atoms with Crippen molar-refractivity contribution < 1.29 is 4.74 Å². The molecule has 1 rings (SSSR count). The molecule has 108 valence electrons. The molecule has 2 nitrogen and oxygen atoms in total. The molecule has 0 aliphatic carbocycles. The quantitative estimate of drug-likeness (QED) is 0.809. The van der Waals surface area contributed by atoms with Crippen LogP contribution >= 0.6 is 0 Å². The predicted molar refractivity (Wildman–Crippen MR) is 82.7 cm³/mol. The third kappa shape index (κ3) is 7.34. The number of nitrogens with one attached hydrogen (secondary N) is 1. The minimum Gasteiger partial charge on any atom is -0.374 e. The van der Waals surface area contributed by atoms with Crippen molar-refractivity contribution in [2.75, 3.05) is 13.2 Å². The summed E-state index contributed by atoms with van der Waals surface area (Å²) >= 11 is 0. The van der Waals surface area contributed by atoms with E-state index in [2.05, 4.69) is 64.2 Å². The molecule has 0 saturated carbocycles. The van der Waals surface area contributed by atoms with Crippen LogP contribution in [0.3, 0.4) is 0 Å². The highest BCUT2D eigenvalue weighted by atomic mass is 16.5. The van der Waals surface area contributed by atoms with Crippen molar-refractivity contribution >= 4 is 0 Å². The molecule has 0 radical (unpaired) electrons.